The van der Waals surface area contributed by atoms with E-state index in [0.29, 0.717) is 35.8 Å². The third-order valence-corrected chi connectivity index (χ3v) is 5.28. The number of nitrogens with zero attached hydrogens (tertiary/aromatic N) is 2. The second-order valence-corrected chi connectivity index (χ2v) is 6.90. The van der Waals surface area contributed by atoms with E-state index in [4.69, 9.17) is 9.47 Å². The van der Waals surface area contributed by atoms with Gasteiger partial charge in [-0.1, -0.05) is 0 Å². The number of ether oxygens (including phenoxy) is 2. The molecule has 0 aliphatic rings. The number of hydrogen-bond acceptors (Lipinski definition) is 5. The zero-order valence-corrected chi connectivity index (χ0v) is 19.3. The Balaban J connectivity index is 2.50. The molecule has 0 unspecified atom stereocenters. The Morgan fingerprint density at radius 2 is 1.03 bits per heavy atom. The summed E-state index contributed by atoms with van der Waals surface area (Å²) in [5.41, 5.74) is 3.23. The van der Waals surface area contributed by atoms with Crippen LogP contribution in [0.4, 0.5) is 11.4 Å². The maximum absolute atomic E-state index is 13.5. The zero-order chi connectivity index (χ0) is 22.1. The first-order chi connectivity index (χ1) is 14.5. The summed E-state index contributed by atoms with van der Waals surface area (Å²) in [5, 5.41) is 0. The van der Waals surface area contributed by atoms with Gasteiger partial charge in [0, 0.05) is 49.7 Å². The van der Waals surface area contributed by atoms with Gasteiger partial charge in [0.2, 0.25) is 0 Å². The van der Waals surface area contributed by atoms with Crippen LogP contribution in [0.5, 0.6) is 11.5 Å². The molecular weight excluding hydrogens is 376 g/mol. The van der Waals surface area contributed by atoms with Crippen LogP contribution in [0, 0.1) is 0 Å². The van der Waals surface area contributed by atoms with E-state index in [9.17, 15) is 4.79 Å². The second-order valence-electron chi connectivity index (χ2n) is 6.90. The van der Waals surface area contributed by atoms with Gasteiger partial charge in [0.05, 0.1) is 24.3 Å². The number of rotatable bonds is 12. The number of ketones is 1. The van der Waals surface area contributed by atoms with Crippen molar-refractivity contribution in [3.05, 3.63) is 47.5 Å². The molecule has 164 valence electrons. The molecule has 0 heterocycles. The summed E-state index contributed by atoms with van der Waals surface area (Å²) in [6.45, 7) is 16.9. The lowest BCUT2D eigenvalue weighted by Gasteiger charge is -2.23. The van der Waals surface area contributed by atoms with Crippen molar-refractivity contribution in [2.45, 2.75) is 41.5 Å². The molecule has 0 aliphatic carbocycles. The molecule has 0 radical (unpaired) electrons. The van der Waals surface area contributed by atoms with E-state index in [1.54, 1.807) is 0 Å². The molecule has 0 bridgehead atoms. The van der Waals surface area contributed by atoms with Gasteiger partial charge in [-0.3, -0.25) is 4.79 Å². The van der Waals surface area contributed by atoms with Gasteiger partial charge in [-0.25, -0.2) is 0 Å². The predicted octanol–water partition coefficient (Wildman–Crippen LogP) is 5.41. The number of hydrogen-bond donors (Lipinski definition) is 0. The fourth-order valence-corrected chi connectivity index (χ4v) is 3.66. The monoisotopic (exact) mass is 412 g/mol. The lowest BCUT2D eigenvalue weighted by atomic mass is 10.00. The van der Waals surface area contributed by atoms with Crippen molar-refractivity contribution in [3.63, 3.8) is 0 Å². The minimum atomic E-state index is -0.0842. The molecule has 2 aromatic carbocycles. The summed E-state index contributed by atoms with van der Waals surface area (Å²) in [6.07, 6.45) is 0. The highest BCUT2D eigenvalue weighted by Crippen LogP contribution is 2.32. The average Bonchev–Trinajstić information content (AvgIpc) is 2.76. The standard InChI is InChI=1S/C25H36N2O3/c1-7-26(8-2)19-13-15-21(23(17-19)29-11-5)25(28)22-16-14-20(27(9-3)10-4)18-24(22)30-12-6/h13-18H,7-12H2,1-6H3. The highest BCUT2D eigenvalue weighted by molar-refractivity contribution is 6.12. The van der Waals surface area contributed by atoms with E-state index in [0.717, 1.165) is 37.6 Å². The first-order valence-electron chi connectivity index (χ1n) is 11.1. The SMILES string of the molecule is CCOc1cc(N(CC)CC)ccc1C(=O)c1ccc(N(CC)CC)cc1OCC. The van der Waals surface area contributed by atoms with Crippen LogP contribution in [0.2, 0.25) is 0 Å². The topological polar surface area (TPSA) is 42.0 Å². The van der Waals surface area contributed by atoms with Crippen LogP contribution < -0.4 is 19.3 Å². The Morgan fingerprint density at radius 3 is 1.33 bits per heavy atom. The Hall–Kier alpha value is -2.69. The first-order valence-corrected chi connectivity index (χ1v) is 11.1. The molecule has 0 saturated heterocycles. The summed E-state index contributed by atoms with van der Waals surface area (Å²) < 4.78 is 11.7. The Morgan fingerprint density at radius 1 is 0.667 bits per heavy atom. The van der Waals surface area contributed by atoms with Crippen molar-refractivity contribution in [1.82, 2.24) is 0 Å². The van der Waals surface area contributed by atoms with Gasteiger partial charge in [-0.2, -0.15) is 0 Å². The fourth-order valence-electron chi connectivity index (χ4n) is 3.66. The van der Waals surface area contributed by atoms with Gasteiger partial charge in [0.15, 0.2) is 5.78 Å². The van der Waals surface area contributed by atoms with E-state index < -0.39 is 0 Å². The van der Waals surface area contributed by atoms with E-state index in [-0.39, 0.29) is 5.78 Å². The van der Waals surface area contributed by atoms with Crippen molar-refractivity contribution < 1.29 is 14.3 Å². The molecule has 5 nitrogen and oxygen atoms in total. The van der Waals surface area contributed by atoms with Crippen LogP contribution in [-0.4, -0.2) is 45.2 Å². The normalized spacial score (nSPS) is 10.6. The third-order valence-electron chi connectivity index (χ3n) is 5.28. The molecule has 0 amide bonds. The summed E-state index contributed by atoms with van der Waals surface area (Å²) >= 11 is 0. The molecule has 0 spiro atoms. The predicted molar refractivity (Wildman–Crippen MR) is 126 cm³/mol. The van der Waals surface area contributed by atoms with Gasteiger partial charge in [0.25, 0.3) is 0 Å². The molecule has 0 saturated carbocycles. The van der Waals surface area contributed by atoms with Crippen LogP contribution in [-0.2, 0) is 0 Å². The minimum Gasteiger partial charge on any atom is -0.493 e. The van der Waals surface area contributed by atoms with Crippen LogP contribution in [0.3, 0.4) is 0 Å². The van der Waals surface area contributed by atoms with Gasteiger partial charge in [-0.05, 0) is 65.8 Å². The molecule has 0 aromatic heterocycles. The summed E-state index contributed by atoms with van der Waals surface area (Å²) in [5.74, 6) is 1.14. The number of carbonyl (C=O) groups is 1. The minimum absolute atomic E-state index is 0.0842. The highest BCUT2D eigenvalue weighted by atomic mass is 16.5. The Kier molecular flexibility index (Phi) is 9.03. The number of carbonyl (C=O) groups excluding carboxylic acids is 1. The van der Waals surface area contributed by atoms with E-state index in [1.807, 2.05) is 50.2 Å². The molecule has 0 atom stereocenters. The molecule has 0 fully saturated rings. The second kappa shape index (κ2) is 11.5. The molecule has 30 heavy (non-hydrogen) atoms. The molecule has 2 aromatic rings. The number of benzene rings is 2. The smallest absolute Gasteiger partial charge is 0.200 e. The van der Waals surface area contributed by atoms with Crippen LogP contribution in [0.1, 0.15) is 57.5 Å². The van der Waals surface area contributed by atoms with Crippen molar-refractivity contribution in [3.8, 4) is 11.5 Å². The Labute approximate surface area is 181 Å². The van der Waals surface area contributed by atoms with Crippen LogP contribution in [0.25, 0.3) is 0 Å². The average molecular weight is 413 g/mol. The van der Waals surface area contributed by atoms with Gasteiger partial charge >= 0.3 is 0 Å². The van der Waals surface area contributed by atoms with Crippen molar-refractivity contribution in [2.24, 2.45) is 0 Å². The van der Waals surface area contributed by atoms with E-state index in [2.05, 4.69) is 37.5 Å². The summed E-state index contributed by atoms with van der Waals surface area (Å²) in [4.78, 5) is 18.0. The highest BCUT2D eigenvalue weighted by Gasteiger charge is 2.21. The third kappa shape index (κ3) is 5.26. The van der Waals surface area contributed by atoms with Gasteiger partial charge < -0.3 is 19.3 Å². The molecule has 5 heteroatoms. The molecular formula is C25H36N2O3. The van der Waals surface area contributed by atoms with Crippen molar-refractivity contribution in [1.29, 1.82) is 0 Å². The lowest BCUT2D eigenvalue weighted by Crippen LogP contribution is -2.22. The van der Waals surface area contributed by atoms with E-state index in [1.165, 1.54) is 0 Å². The summed E-state index contributed by atoms with van der Waals surface area (Å²) in [7, 11) is 0. The quantitative estimate of drug-likeness (QED) is 0.436. The molecule has 0 N–H and O–H groups in total. The zero-order valence-electron chi connectivity index (χ0n) is 19.3. The largest absolute Gasteiger partial charge is 0.493 e. The number of anilines is 2. The van der Waals surface area contributed by atoms with E-state index >= 15 is 0 Å². The maximum Gasteiger partial charge on any atom is 0.200 e. The fraction of sp³-hybridized carbons (Fsp3) is 0.480. The first kappa shape index (κ1) is 23.6. The molecule has 0 aliphatic heterocycles. The van der Waals surface area contributed by atoms with Crippen molar-refractivity contribution >= 4 is 17.2 Å². The van der Waals surface area contributed by atoms with Crippen LogP contribution >= 0.6 is 0 Å². The maximum atomic E-state index is 13.5. The van der Waals surface area contributed by atoms with Gasteiger partial charge in [-0.15, -0.1) is 0 Å². The Bertz CT molecular complexity index is 760. The molecule has 2 rings (SSSR count). The lowest BCUT2D eigenvalue weighted by molar-refractivity contribution is 0.103. The van der Waals surface area contributed by atoms with Crippen molar-refractivity contribution in [2.75, 3.05) is 49.2 Å². The summed E-state index contributed by atoms with van der Waals surface area (Å²) in [6, 6.07) is 11.7. The van der Waals surface area contributed by atoms with Crippen LogP contribution in [0.15, 0.2) is 36.4 Å². The van der Waals surface area contributed by atoms with Gasteiger partial charge in [0.1, 0.15) is 11.5 Å².